The lowest BCUT2D eigenvalue weighted by molar-refractivity contribution is 0.222. The van der Waals surface area contributed by atoms with Crippen molar-refractivity contribution in [2.45, 2.75) is 26.4 Å². The Morgan fingerprint density at radius 1 is 1.35 bits per heavy atom. The van der Waals surface area contributed by atoms with Crippen LogP contribution in [0, 0.1) is 0 Å². The van der Waals surface area contributed by atoms with Gasteiger partial charge < -0.3 is 10.1 Å². The van der Waals surface area contributed by atoms with Crippen molar-refractivity contribution >= 4 is 29.3 Å². The Hall–Kier alpha value is -0.750. The van der Waals surface area contributed by atoms with E-state index in [4.69, 9.17) is 16.3 Å². The van der Waals surface area contributed by atoms with Gasteiger partial charge in [0, 0.05) is 6.54 Å². The molecule has 0 saturated carbocycles. The van der Waals surface area contributed by atoms with E-state index in [1.54, 1.807) is 0 Å². The van der Waals surface area contributed by atoms with E-state index in [0.29, 0.717) is 5.95 Å². The predicted molar refractivity (Wildman–Crippen MR) is 72.1 cm³/mol. The molecule has 0 radical (unpaired) electrons. The van der Waals surface area contributed by atoms with Crippen LogP contribution in [0.1, 0.15) is 20.3 Å². The highest BCUT2D eigenvalue weighted by Crippen LogP contribution is 2.12. The number of hydrogen-bond acceptors (Lipinski definition) is 6. The summed E-state index contributed by atoms with van der Waals surface area (Å²) in [5.41, 5.74) is 0. The zero-order valence-corrected chi connectivity index (χ0v) is 11.8. The van der Waals surface area contributed by atoms with E-state index in [-0.39, 0.29) is 17.4 Å². The predicted octanol–water partition coefficient (Wildman–Crippen LogP) is 2.48. The van der Waals surface area contributed by atoms with Crippen LogP contribution in [0.4, 0.5) is 5.95 Å². The Kier molecular flexibility index (Phi) is 6.36. The second-order valence-corrected chi connectivity index (χ2v) is 4.97. The first-order valence-electron chi connectivity index (χ1n) is 5.43. The van der Waals surface area contributed by atoms with E-state index in [9.17, 15) is 0 Å². The zero-order valence-electron chi connectivity index (χ0n) is 10.2. The van der Waals surface area contributed by atoms with Gasteiger partial charge in [-0.25, -0.2) is 0 Å². The van der Waals surface area contributed by atoms with Gasteiger partial charge in [0.25, 0.3) is 0 Å². The summed E-state index contributed by atoms with van der Waals surface area (Å²) in [7, 11) is 0. The number of ether oxygens (including phenoxy) is 1. The first kappa shape index (κ1) is 14.3. The molecule has 1 aromatic heterocycles. The molecule has 17 heavy (non-hydrogen) atoms. The summed E-state index contributed by atoms with van der Waals surface area (Å²) in [6.45, 7) is 4.62. The molecule has 0 saturated heterocycles. The summed E-state index contributed by atoms with van der Waals surface area (Å²) in [5, 5.41) is 3.24. The van der Waals surface area contributed by atoms with Crippen LogP contribution in [0.15, 0.2) is 0 Å². The summed E-state index contributed by atoms with van der Waals surface area (Å²) >= 11 is 7.59. The van der Waals surface area contributed by atoms with Gasteiger partial charge in [-0.3, -0.25) is 0 Å². The molecule has 0 aromatic carbocycles. The van der Waals surface area contributed by atoms with Gasteiger partial charge in [0.2, 0.25) is 11.2 Å². The molecule has 0 amide bonds. The lowest BCUT2D eigenvalue weighted by Crippen LogP contribution is -2.12. The van der Waals surface area contributed by atoms with Gasteiger partial charge in [-0.1, -0.05) is 0 Å². The summed E-state index contributed by atoms with van der Waals surface area (Å²) in [4.78, 5) is 12.0. The molecule has 1 heterocycles. The first-order chi connectivity index (χ1) is 8.11. The van der Waals surface area contributed by atoms with Crippen LogP contribution in [0.3, 0.4) is 0 Å². The SMILES string of the molecule is CSCCCNc1nc(Cl)nc(OC(C)C)n1. The number of halogens is 1. The third kappa shape index (κ3) is 5.93. The minimum atomic E-state index is 0.0119. The first-order valence-corrected chi connectivity index (χ1v) is 7.20. The Morgan fingerprint density at radius 3 is 2.76 bits per heavy atom. The van der Waals surface area contributed by atoms with Crippen molar-refractivity contribution in [2.24, 2.45) is 0 Å². The lowest BCUT2D eigenvalue weighted by atomic mass is 10.5. The van der Waals surface area contributed by atoms with Crippen LogP contribution in [0.2, 0.25) is 5.28 Å². The summed E-state index contributed by atoms with van der Waals surface area (Å²) in [5.74, 6) is 1.56. The molecule has 0 aliphatic carbocycles. The molecule has 0 spiro atoms. The monoisotopic (exact) mass is 276 g/mol. The molecule has 1 rings (SSSR count). The van der Waals surface area contributed by atoms with Gasteiger partial charge in [-0.2, -0.15) is 26.7 Å². The lowest BCUT2D eigenvalue weighted by Gasteiger charge is -2.09. The van der Waals surface area contributed by atoms with E-state index < -0.39 is 0 Å². The topological polar surface area (TPSA) is 59.9 Å². The standard InChI is InChI=1S/C10H17ClN4OS/c1-7(2)16-10-14-8(11)13-9(15-10)12-5-4-6-17-3/h7H,4-6H2,1-3H3,(H,12,13,14,15). The fourth-order valence-electron chi connectivity index (χ4n) is 1.09. The van der Waals surface area contributed by atoms with E-state index in [1.165, 1.54) is 0 Å². The maximum absolute atomic E-state index is 5.79. The van der Waals surface area contributed by atoms with Gasteiger partial charge in [0.05, 0.1) is 6.10 Å². The molecule has 0 aliphatic rings. The Balaban J connectivity index is 2.56. The average Bonchev–Trinajstić information content (AvgIpc) is 2.22. The number of nitrogens with zero attached hydrogens (tertiary/aromatic N) is 3. The third-order valence-electron chi connectivity index (χ3n) is 1.74. The largest absolute Gasteiger partial charge is 0.461 e. The number of nitrogens with one attached hydrogen (secondary N) is 1. The molecular formula is C10H17ClN4OS. The Labute approximate surface area is 111 Å². The highest BCUT2D eigenvalue weighted by molar-refractivity contribution is 7.98. The number of hydrogen-bond donors (Lipinski definition) is 1. The average molecular weight is 277 g/mol. The van der Waals surface area contributed by atoms with Gasteiger partial charge >= 0.3 is 6.01 Å². The van der Waals surface area contributed by atoms with Crippen LogP contribution in [0.25, 0.3) is 0 Å². The maximum atomic E-state index is 5.79. The minimum absolute atomic E-state index is 0.0119. The van der Waals surface area contributed by atoms with Crippen molar-refractivity contribution < 1.29 is 4.74 Å². The smallest absolute Gasteiger partial charge is 0.322 e. The van der Waals surface area contributed by atoms with Gasteiger partial charge in [0.1, 0.15) is 0 Å². The molecular weight excluding hydrogens is 260 g/mol. The summed E-state index contributed by atoms with van der Waals surface area (Å²) in [6.07, 6.45) is 3.14. The van der Waals surface area contributed by atoms with Crippen molar-refractivity contribution in [1.82, 2.24) is 15.0 Å². The second kappa shape index (κ2) is 7.55. The van der Waals surface area contributed by atoms with Crippen LogP contribution in [0.5, 0.6) is 6.01 Å². The maximum Gasteiger partial charge on any atom is 0.322 e. The van der Waals surface area contributed by atoms with Crippen molar-refractivity contribution in [1.29, 1.82) is 0 Å². The van der Waals surface area contributed by atoms with Crippen LogP contribution in [-0.2, 0) is 0 Å². The fraction of sp³-hybridized carbons (Fsp3) is 0.700. The number of aromatic nitrogens is 3. The van der Waals surface area contributed by atoms with Crippen LogP contribution >= 0.6 is 23.4 Å². The molecule has 0 unspecified atom stereocenters. The molecule has 0 bridgehead atoms. The normalized spacial score (nSPS) is 10.6. The Morgan fingerprint density at radius 2 is 2.12 bits per heavy atom. The highest BCUT2D eigenvalue weighted by Gasteiger charge is 2.07. The van der Waals surface area contributed by atoms with E-state index in [1.807, 2.05) is 25.6 Å². The molecule has 7 heteroatoms. The molecule has 1 N–H and O–H groups in total. The fourth-order valence-corrected chi connectivity index (χ4v) is 1.68. The van der Waals surface area contributed by atoms with Crippen LogP contribution < -0.4 is 10.1 Å². The highest BCUT2D eigenvalue weighted by atomic mass is 35.5. The van der Waals surface area contributed by atoms with Crippen molar-refractivity contribution in [3.63, 3.8) is 0 Å². The van der Waals surface area contributed by atoms with Crippen molar-refractivity contribution in [3.05, 3.63) is 5.28 Å². The molecule has 0 aliphatic heterocycles. The second-order valence-electron chi connectivity index (χ2n) is 3.65. The molecule has 5 nitrogen and oxygen atoms in total. The molecule has 0 fully saturated rings. The quantitative estimate of drug-likeness (QED) is 0.772. The van der Waals surface area contributed by atoms with Gasteiger partial charge in [-0.15, -0.1) is 0 Å². The van der Waals surface area contributed by atoms with Gasteiger partial charge in [0.15, 0.2) is 0 Å². The van der Waals surface area contributed by atoms with Gasteiger partial charge in [-0.05, 0) is 43.9 Å². The molecule has 1 aromatic rings. The van der Waals surface area contributed by atoms with Crippen LogP contribution in [-0.4, -0.2) is 39.6 Å². The molecule has 0 atom stereocenters. The summed E-state index contributed by atoms with van der Waals surface area (Å²) in [6, 6.07) is 0.257. The van der Waals surface area contributed by atoms with E-state index in [2.05, 4.69) is 26.5 Å². The van der Waals surface area contributed by atoms with Crippen molar-refractivity contribution in [3.8, 4) is 6.01 Å². The minimum Gasteiger partial charge on any atom is -0.461 e. The number of anilines is 1. The third-order valence-corrected chi connectivity index (χ3v) is 2.60. The molecule has 96 valence electrons. The summed E-state index contributed by atoms with van der Waals surface area (Å²) < 4.78 is 5.37. The van der Waals surface area contributed by atoms with Crippen molar-refractivity contribution in [2.75, 3.05) is 23.9 Å². The Bertz CT molecular complexity index is 351. The van der Waals surface area contributed by atoms with E-state index in [0.717, 1.165) is 18.7 Å². The van der Waals surface area contributed by atoms with E-state index >= 15 is 0 Å². The zero-order chi connectivity index (χ0) is 12.7. The number of rotatable bonds is 7. The number of thioether (sulfide) groups is 1.